The van der Waals surface area contributed by atoms with Crippen LogP contribution in [-0.2, 0) is 4.74 Å². The lowest BCUT2D eigenvalue weighted by Crippen LogP contribution is -2.08. The number of aromatic nitrogens is 1. The van der Waals surface area contributed by atoms with Crippen LogP contribution < -0.4 is 0 Å². The zero-order valence-electron chi connectivity index (χ0n) is 10.1. The minimum atomic E-state index is -1.07. The Morgan fingerprint density at radius 1 is 1.33 bits per heavy atom. The number of aromatic carboxylic acids is 1. The monoisotopic (exact) mass is 269 g/mol. The van der Waals surface area contributed by atoms with E-state index in [1.165, 1.54) is 13.5 Å². The lowest BCUT2D eigenvalue weighted by atomic mass is 9.87. The van der Waals surface area contributed by atoms with Gasteiger partial charge >= 0.3 is 11.9 Å². The van der Waals surface area contributed by atoms with Gasteiger partial charge in [0.2, 0.25) is 5.01 Å². The lowest BCUT2D eigenvalue weighted by molar-refractivity contribution is 0.0600. The molecule has 5 nitrogen and oxygen atoms in total. The van der Waals surface area contributed by atoms with E-state index >= 15 is 0 Å². The Morgan fingerprint density at radius 2 is 2.00 bits per heavy atom. The van der Waals surface area contributed by atoms with Crippen molar-refractivity contribution in [2.45, 2.75) is 38.0 Å². The highest BCUT2D eigenvalue weighted by Gasteiger charge is 2.27. The maximum atomic E-state index is 11.4. The first-order valence-corrected chi connectivity index (χ1v) is 6.77. The second-order valence-electron chi connectivity index (χ2n) is 4.36. The molecule has 1 heterocycles. The van der Waals surface area contributed by atoms with Crippen molar-refractivity contribution in [1.82, 2.24) is 4.98 Å². The zero-order chi connectivity index (χ0) is 13.1. The predicted octanol–water partition coefficient (Wildman–Crippen LogP) is 2.68. The minimum absolute atomic E-state index is 0.0206. The van der Waals surface area contributed by atoms with Crippen molar-refractivity contribution in [1.29, 1.82) is 0 Å². The van der Waals surface area contributed by atoms with E-state index in [0.29, 0.717) is 0 Å². The number of methoxy groups -OCH3 is 1. The molecule has 0 saturated heterocycles. The molecule has 1 fully saturated rings. The smallest absolute Gasteiger partial charge is 0.367 e. The standard InChI is InChI=1S/C12H15NO4S/c1-17-12(16)10-13-8(11(14)15)9(18-10)7-5-3-2-4-6-7/h7H,2-6H2,1H3,(H,14,15). The van der Waals surface area contributed by atoms with E-state index in [-0.39, 0.29) is 16.6 Å². The summed E-state index contributed by atoms with van der Waals surface area (Å²) in [5, 5.41) is 9.29. The third-order valence-electron chi connectivity index (χ3n) is 3.19. The highest BCUT2D eigenvalue weighted by molar-refractivity contribution is 7.13. The molecule has 0 unspecified atom stereocenters. The summed E-state index contributed by atoms with van der Waals surface area (Å²) in [6.07, 6.45) is 5.36. The summed E-state index contributed by atoms with van der Waals surface area (Å²) in [7, 11) is 1.27. The minimum Gasteiger partial charge on any atom is -0.476 e. The molecule has 1 N–H and O–H groups in total. The highest BCUT2D eigenvalue weighted by atomic mass is 32.1. The molecule has 0 radical (unpaired) electrons. The van der Waals surface area contributed by atoms with E-state index in [9.17, 15) is 9.59 Å². The molecule has 18 heavy (non-hydrogen) atoms. The summed E-state index contributed by atoms with van der Waals surface area (Å²) in [6.45, 7) is 0. The first-order chi connectivity index (χ1) is 8.63. The van der Waals surface area contributed by atoms with Crippen molar-refractivity contribution in [3.05, 3.63) is 15.6 Å². The van der Waals surface area contributed by atoms with Crippen LogP contribution in [0.15, 0.2) is 0 Å². The van der Waals surface area contributed by atoms with Gasteiger partial charge in [-0.05, 0) is 18.8 Å². The average Bonchev–Trinajstić information content (AvgIpc) is 2.84. The van der Waals surface area contributed by atoms with Crippen LogP contribution in [0.4, 0.5) is 0 Å². The van der Waals surface area contributed by atoms with Gasteiger partial charge in [0, 0.05) is 4.88 Å². The van der Waals surface area contributed by atoms with Gasteiger partial charge in [-0.2, -0.15) is 0 Å². The van der Waals surface area contributed by atoms with Crippen LogP contribution in [0.1, 0.15) is 63.2 Å². The first-order valence-electron chi connectivity index (χ1n) is 5.95. The number of carbonyl (C=O) groups excluding carboxylic acids is 1. The van der Waals surface area contributed by atoms with Crippen LogP contribution in [0.3, 0.4) is 0 Å². The number of carbonyl (C=O) groups is 2. The van der Waals surface area contributed by atoms with Crippen molar-refractivity contribution in [2.24, 2.45) is 0 Å². The molecule has 1 aliphatic rings. The number of carboxylic acid groups (broad SMARTS) is 1. The summed E-state index contributed by atoms with van der Waals surface area (Å²) in [4.78, 5) is 27.2. The second kappa shape index (κ2) is 5.48. The molecule has 0 spiro atoms. The van der Waals surface area contributed by atoms with Crippen LogP contribution in [0.5, 0.6) is 0 Å². The van der Waals surface area contributed by atoms with E-state index in [4.69, 9.17) is 5.11 Å². The fraction of sp³-hybridized carbons (Fsp3) is 0.583. The number of thiazole rings is 1. The number of hydrogen-bond acceptors (Lipinski definition) is 5. The Hall–Kier alpha value is -1.43. The van der Waals surface area contributed by atoms with Crippen molar-refractivity contribution < 1.29 is 19.4 Å². The Kier molecular flexibility index (Phi) is 3.96. The molecular weight excluding hydrogens is 254 g/mol. The van der Waals surface area contributed by atoms with Gasteiger partial charge in [0.25, 0.3) is 0 Å². The topological polar surface area (TPSA) is 76.5 Å². The van der Waals surface area contributed by atoms with Crippen LogP contribution in [0.25, 0.3) is 0 Å². The molecular formula is C12H15NO4S. The molecule has 1 aliphatic carbocycles. The van der Waals surface area contributed by atoms with E-state index in [1.807, 2.05) is 0 Å². The maximum Gasteiger partial charge on any atom is 0.367 e. The van der Waals surface area contributed by atoms with E-state index in [0.717, 1.165) is 41.9 Å². The van der Waals surface area contributed by atoms with E-state index < -0.39 is 11.9 Å². The highest BCUT2D eigenvalue weighted by Crippen LogP contribution is 2.37. The number of carboxylic acids is 1. The van der Waals surface area contributed by atoms with Crippen molar-refractivity contribution in [2.75, 3.05) is 7.11 Å². The van der Waals surface area contributed by atoms with Crippen molar-refractivity contribution >= 4 is 23.3 Å². The predicted molar refractivity (Wildman–Crippen MR) is 66.2 cm³/mol. The molecule has 1 aromatic heterocycles. The molecule has 0 bridgehead atoms. The Labute approximate surface area is 109 Å². The SMILES string of the molecule is COC(=O)c1nc(C(=O)O)c(C2CCCCC2)s1. The number of nitrogens with zero attached hydrogens (tertiary/aromatic N) is 1. The van der Waals surface area contributed by atoms with Crippen molar-refractivity contribution in [3.63, 3.8) is 0 Å². The largest absolute Gasteiger partial charge is 0.476 e. The summed E-state index contributed by atoms with van der Waals surface area (Å²) in [6, 6.07) is 0. The van der Waals surface area contributed by atoms with Gasteiger partial charge in [0.05, 0.1) is 7.11 Å². The van der Waals surface area contributed by atoms with Crippen LogP contribution in [0.2, 0.25) is 0 Å². The number of hydrogen-bond donors (Lipinski definition) is 1. The van der Waals surface area contributed by atoms with E-state index in [2.05, 4.69) is 9.72 Å². The quantitative estimate of drug-likeness (QED) is 0.854. The molecule has 98 valence electrons. The molecule has 0 atom stereocenters. The third-order valence-corrected chi connectivity index (χ3v) is 4.39. The van der Waals surface area contributed by atoms with Gasteiger partial charge in [-0.15, -0.1) is 11.3 Å². The third kappa shape index (κ3) is 2.53. The summed E-state index contributed by atoms with van der Waals surface area (Å²) < 4.78 is 4.59. The molecule has 6 heteroatoms. The molecule has 1 saturated carbocycles. The average molecular weight is 269 g/mol. The zero-order valence-corrected chi connectivity index (χ0v) is 11.0. The van der Waals surface area contributed by atoms with Crippen LogP contribution >= 0.6 is 11.3 Å². The summed E-state index contributed by atoms with van der Waals surface area (Å²) >= 11 is 1.16. The number of ether oxygens (including phenoxy) is 1. The Balaban J connectivity index is 2.34. The number of esters is 1. The van der Waals surface area contributed by atoms with Gasteiger partial charge in [-0.25, -0.2) is 14.6 Å². The van der Waals surface area contributed by atoms with Crippen LogP contribution in [-0.4, -0.2) is 29.1 Å². The van der Waals surface area contributed by atoms with Gasteiger partial charge < -0.3 is 9.84 Å². The van der Waals surface area contributed by atoms with Crippen LogP contribution in [0, 0.1) is 0 Å². The van der Waals surface area contributed by atoms with E-state index in [1.54, 1.807) is 0 Å². The number of rotatable bonds is 3. The maximum absolute atomic E-state index is 11.4. The van der Waals surface area contributed by atoms with Gasteiger partial charge in [0.1, 0.15) is 0 Å². The molecule has 1 aromatic rings. The van der Waals surface area contributed by atoms with Gasteiger partial charge in [-0.1, -0.05) is 19.3 Å². The van der Waals surface area contributed by atoms with Gasteiger partial charge in [0.15, 0.2) is 5.69 Å². The molecule has 0 aliphatic heterocycles. The van der Waals surface area contributed by atoms with Crippen molar-refractivity contribution in [3.8, 4) is 0 Å². The lowest BCUT2D eigenvalue weighted by Gasteiger charge is -2.20. The second-order valence-corrected chi connectivity index (χ2v) is 5.39. The Bertz CT molecular complexity index is 463. The molecule has 0 amide bonds. The summed E-state index contributed by atoms with van der Waals surface area (Å²) in [5.41, 5.74) is 0.0206. The normalized spacial score (nSPS) is 16.5. The fourth-order valence-electron chi connectivity index (χ4n) is 2.30. The summed E-state index contributed by atoms with van der Waals surface area (Å²) in [5.74, 6) is -1.41. The van der Waals surface area contributed by atoms with Gasteiger partial charge in [-0.3, -0.25) is 0 Å². The fourth-order valence-corrected chi connectivity index (χ4v) is 3.45. The molecule has 2 rings (SSSR count). The first kappa shape index (κ1) is 13.0. The Morgan fingerprint density at radius 3 is 2.56 bits per heavy atom. The molecule has 0 aromatic carbocycles.